The molecular formula is C9H18N2. The predicted molar refractivity (Wildman–Crippen MR) is 51.8 cm³/mol. The van der Waals surface area contributed by atoms with Crippen LogP contribution in [0.15, 0.2) is 9.98 Å². The van der Waals surface area contributed by atoms with Gasteiger partial charge in [0.25, 0.3) is 0 Å². The van der Waals surface area contributed by atoms with Crippen LogP contribution in [0.1, 0.15) is 26.7 Å². The molecule has 0 fully saturated rings. The Hall–Kier alpha value is -0.660. The zero-order valence-electron chi connectivity index (χ0n) is 7.80. The van der Waals surface area contributed by atoms with Crippen molar-refractivity contribution in [2.75, 3.05) is 13.6 Å². The van der Waals surface area contributed by atoms with Gasteiger partial charge in [0, 0.05) is 25.2 Å². The molecule has 0 aromatic carbocycles. The highest BCUT2D eigenvalue weighted by atomic mass is 14.7. The molecule has 0 amide bonds. The molecule has 0 aliphatic rings. The zero-order valence-corrected chi connectivity index (χ0v) is 7.80. The predicted octanol–water partition coefficient (Wildman–Crippen LogP) is 2.19. The summed E-state index contributed by atoms with van der Waals surface area (Å²) in [5, 5.41) is 0. The first-order chi connectivity index (χ1) is 5.26. The monoisotopic (exact) mass is 154 g/mol. The van der Waals surface area contributed by atoms with Crippen molar-refractivity contribution in [2.24, 2.45) is 15.9 Å². The second-order valence-electron chi connectivity index (χ2n) is 2.76. The van der Waals surface area contributed by atoms with Crippen LogP contribution in [0.4, 0.5) is 0 Å². The van der Waals surface area contributed by atoms with E-state index in [0.717, 1.165) is 6.54 Å². The van der Waals surface area contributed by atoms with Crippen LogP contribution in [-0.4, -0.2) is 26.0 Å². The van der Waals surface area contributed by atoms with Crippen LogP contribution in [0.2, 0.25) is 0 Å². The summed E-state index contributed by atoms with van der Waals surface area (Å²) >= 11 is 0. The van der Waals surface area contributed by atoms with Crippen molar-refractivity contribution in [2.45, 2.75) is 26.7 Å². The molecule has 0 heterocycles. The second kappa shape index (κ2) is 6.08. The standard InChI is InChI=1S/C9H18N2/c1-5-6-9(7-10-3)8(2)11-4/h9H,3,5-7H2,1-2,4H3. The lowest BCUT2D eigenvalue weighted by atomic mass is 9.99. The van der Waals surface area contributed by atoms with Crippen LogP contribution in [-0.2, 0) is 0 Å². The highest BCUT2D eigenvalue weighted by Gasteiger charge is 2.08. The first-order valence-electron chi connectivity index (χ1n) is 4.12. The van der Waals surface area contributed by atoms with Crippen LogP contribution < -0.4 is 0 Å². The van der Waals surface area contributed by atoms with E-state index >= 15 is 0 Å². The third-order valence-corrected chi connectivity index (χ3v) is 1.93. The van der Waals surface area contributed by atoms with Crippen molar-refractivity contribution in [3.8, 4) is 0 Å². The van der Waals surface area contributed by atoms with Gasteiger partial charge in [0.2, 0.25) is 0 Å². The fourth-order valence-corrected chi connectivity index (χ4v) is 1.12. The second-order valence-corrected chi connectivity index (χ2v) is 2.76. The summed E-state index contributed by atoms with van der Waals surface area (Å²) in [5.74, 6) is 0.516. The van der Waals surface area contributed by atoms with E-state index in [9.17, 15) is 0 Å². The molecule has 11 heavy (non-hydrogen) atoms. The van der Waals surface area contributed by atoms with Gasteiger partial charge in [-0.3, -0.25) is 4.99 Å². The Bertz CT molecular complexity index is 138. The summed E-state index contributed by atoms with van der Waals surface area (Å²) in [6.07, 6.45) is 2.36. The van der Waals surface area contributed by atoms with Gasteiger partial charge >= 0.3 is 0 Å². The smallest absolute Gasteiger partial charge is 0.0462 e. The minimum Gasteiger partial charge on any atom is -0.300 e. The van der Waals surface area contributed by atoms with E-state index in [1.807, 2.05) is 7.05 Å². The number of hydrogen-bond donors (Lipinski definition) is 0. The van der Waals surface area contributed by atoms with Crippen LogP contribution in [0.25, 0.3) is 0 Å². The van der Waals surface area contributed by atoms with Gasteiger partial charge in [-0.1, -0.05) is 13.3 Å². The van der Waals surface area contributed by atoms with Crippen molar-refractivity contribution in [1.29, 1.82) is 0 Å². The van der Waals surface area contributed by atoms with Gasteiger partial charge in [-0.05, 0) is 20.1 Å². The minimum absolute atomic E-state index is 0.516. The zero-order chi connectivity index (χ0) is 8.69. The lowest BCUT2D eigenvalue weighted by Crippen LogP contribution is -2.14. The van der Waals surface area contributed by atoms with Crippen molar-refractivity contribution >= 4 is 12.4 Å². The Balaban J connectivity index is 3.97. The van der Waals surface area contributed by atoms with Crippen molar-refractivity contribution in [3.05, 3.63) is 0 Å². The average Bonchev–Trinajstić information content (AvgIpc) is 2.03. The summed E-state index contributed by atoms with van der Waals surface area (Å²) in [7, 11) is 1.83. The number of rotatable bonds is 5. The summed E-state index contributed by atoms with van der Waals surface area (Å²) in [5.41, 5.74) is 1.19. The molecule has 2 nitrogen and oxygen atoms in total. The fourth-order valence-electron chi connectivity index (χ4n) is 1.12. The molecule has 0 aliphatic carbocycles. The van der Waals surface area contributed by atoms with Gasteiger partial charge in [0.1, 0.15) is 0 Å². The van der Waals surface area contributed by atoms with Gasteiger partial charge in [-0.25, -0.2) is 0 Å². The SMILES string of the molecule is C=NCC(CCC)C(C)=NC. The van der Waals surface area contributed by atoms with Gasteiger partial charge < -0.3 is 4.99 Å². The molecule has 64 valence electrons. The molecule has 0 saturated heterocycles. The van der Waals surface area contributed by atoms with Crippen molar-refractivity contribution in [3.63, 3.8) is 0 Å². The molecule has 0 saturated carbocycles. The Labute approximate surface area is 69.4 Å². The summed E-state index contributed by atoms with van der Waals surface area (Å²) < 4.78 is 0. The van der Waals surface area contributed by atoms with E-state index in [-0.39, 0.29) is 0 Å². The normalized spacial score (nSPS) is 14.6. The van der Waals surface area contributed by atoms with Gasteiger partial charge in [-0.15, -0.1) is 0 Å². The Morgan fingerprint density at radius 3 is 2.55 bits per heavy atom. The summed E-state index contributed by atoms with van der Waals surface area (Å²) in [6, 6.07) is 0. The molecule has 0 spiro atoms. The minimum atomic E-state index is 0.516. The molecule has 0 N–H and O–H groups in total. The third kappa shape index (κ3) is 3.91. The molecule has 0 radical (unpaired) electrons. The van der Waals surface area contributed by atoms with E-state index < -0.39 is 0 Å². The quantitative estimate of drug-likeness (QED) is 0.542. The molecule has 1 atom stereocenters. The maximum Gasteiger partial charge on any atom is 0.0462 e. The largest absolute Gasteiger partial charge is 0.300 e. The maximum absolute atomic E-state index is 4.15. The fraction of sp³-hybridized carbons (Fsp3) is 0.778. The Morgan fingerprint density at radius 2 is 2.18 bits per heavy atom. The molecule has 0 aliphatic heterocycles. The molecule has 0 aromatic heterocycles. The topological polar surface area (TPSA) is 24.7 Å². The molecule has 1 unspecified atom stereocenters. The summed E-state index contributed by atoms with van der Waals surface area (Å²) in [6.45, 7) is 8.55. The van der Waals surface area contributed by atoms with Crippen LogP contribution in [0.3, 0.4) is 0 Å². The molecule has 0 bridgehead atoms. The van der Waals surface area contributed by atoms with E-state index in [1.54, 1.807) is 0 Å². The first-order valence-corrected chi connectivity index (χ1v) is 4.12. The van der Waals surface area contributed by atoms with Crippen molar-refractivity contribution < 1.29 is 0 Å². The van der Waals surface area contributed by atoms with Crippen LogP contribution >= 0.6 is 0 Å². The highest BCUT2D eigenvalue weighted by Crippen LogP contribution is 2.08. The van der Waals surface area contributed by atoms with Gasteiger partial charge in [0.05, 0.1) is 0 Å². The Kier molecular flexibility index (Phi) is 5.71. The van der Waals surface area contributed by atoms with E-state index in [2.05, 4.69) is 30.5 Å². The number of aliphatic imine (C=N–C) groups is 2. The highest BCUT2D eigenvalue weighted by molar-refractivity contribution is 5.84. The van der Waals surface area contributed by atoms with E-state index in [0.29, 0.717) is 5.92 Å². The Morgan fingerprint density at radius 1 is 1.55 bits per heavy atom. The lowest BCUT2D eigenvalue weighted by molar-refractivity contribution is 0.622. The lowest BCUT2D eigenvalue weighted by Gasteiger charge is -2.11. The first kappa shape index (κ1) is 10.3. The molecular weight excluding hydrogens is 136 g/mol. The van der Waals surface area contributed by atoms with Gasteiger partial charge in [0.15, 0.2) is 0 Å². The number of nitrogens with zero attached hydrogens (tertiary/aromatic N) is 2. The van der Waals surface area contributed by atoms with Crippen molar-refractivity contribution in [1.82, 2.24) is 0 Å². The van der Waals surface area contributed by atoms with Crippen LogP contribution in [0.5, 0.6) is 0 Å². The number of hydrogen-bond acceptors (Lipinski definition) is 2. The molecule has 0 rings (SSSR count). The van der Waals surface area contributed by atoms with E-state index in [4.69, 9.17) is 0 Å². The van der Waals surface area contributed by atoms with Gasteiger partial charge in [-0.2, -0.15) is 0 Å². The molecule has 2 heteroatoms. The van der Waals surface area contributed by atoms with Crippen LogP contribution in [0, 0.1) is 5.92 Å². The summed E-state index contributed by atoms with van der Waals surface area (Å²) in [4.78, 5) is 8.05. The molecule has 0 aromatic rings. The third-order valence-electron chi connectivity index (χ3n) is 1.93. The van der Waals surface area contributed by atoms with E-state index in [1.165, 1.54) is 18.6 Å². The maximum atomic E-state index is 4.15. The average molecular weight is 154 g/mol.